The largest absolute Gasteiger partial charge is 0.314 e. The van der Waals surface area contributed by atoms with Gasteiger partial charge < -0.3 is 10.6 Å². The molecule has 1 aliphatic heterocycles. The number of nitrogens with zero attached hydrogens (tertiary/aromatic N) is 1. The lowest BCUT2D eigenvalue weighted by atomic mass is 9.99. The van der Waals surface area contributed by atoms with E-state index in [1.54, 1.807) is 11.3 Å². The van der Waals surface area contributed by atoms with Gasteiger partial charge in [-0.2, -0.15) is 0 Å². The Kier molecular flexibility index (Phi) is 4.75. The number of nitrogens with one attached hydrogen (secondary N) is 2. The molecule has 1 saturated heterocycles. The average Bonchev–Trinajstić information content (AvgIpc) is 2.81. The molecule has 3 nitrogen and oxygen atoms in total. The number of rotatable bonds is 5. The van der Waals surface area contributed by atoms with Gasteiger partial charge in [-0.15, -0.1) is 11.3 Å². The van der Waals surface area contributed by atoms with Crippen molar-refractivity contribution in [1.29, 1.82) is 0 Å². The molecule has 0 radical (unpaired) electrons. The van der Waals surface area contributed by atoms with Gasteiger partial charge in [0.1, 0.15) is 5.01 Å². The molecule has 2 heterocycles. The predicted octanol–water partition coefficient (Wildman–Crippen LogP) is 2.15. The second-order valence-corrected chi connectivity index (χ2v) is 5.57. The van der Waals surface area contributed by atoms with Crippen LogP contribution in [-0.2, 0) is 6.54 Å². The fraction of sp³-hybridized carbons (Fsp3) is 0.750. The molecule has 0 aliphatic carbocycles. The summed E-state index contributed by atoms with van der Waals surface area (Å²) < 4.78 is 0. The van der Waals surface area contributed by atoms with Crippen LogP contribution < -0.4 is 10.6 Å². The van der Waals surface area contributed by atoms with Crippen molar-refractivity contribution >= 4 is 11.3 Å². The molecule has 2 atom stereocenters. The van der Waals surface area contributed by atoms with E-state index in [4.69, 9.17) is 0 Å². The van der Waals surface area contributed by atoms with Gasteiger partial charge in [-0.25, -0.2) is 4.98 Å². The van der Waals surface area contributed by atoms with E-state index in [9.17, 15) is 0 Å². The van der Waals surface area contributed by atoms with E-state index >= 15 is 0 Å². The monoisotopic (exact) mass is 239 g/mol. The molecule has 1 aliphatic rings. The normalized spacial score (nSPS) is 23.2. The van der Waals surface area contributed by atoms with Crippen molar-refractivity contribution in [1.82, 2.24) is 15.6 Å². The van der Waals surface area contributed by atoms with Gasteiger partial charge >= 0.3 is 0 Å². The summed E-state index contributed by atoms with van der Waals surface area (Å²) in [5.74, 6) is 0. The Balaban J connectivity index is 1.65. The summed E-state index contributed by atoms with van der Waals surface area (Å²) in [6, 6.07) is 1.28. The Hall–Kier alpha value is -0.450. The number of hydrogen-bond donors (Lipinski definition) is 2. The van der Waals surface area contributed by atoms with E-state index in [2.05, 4.69) is 22.5 Å². The molecule has 0 bridgehead atoms. The van der Waals surface area contributed by atoms with E-state index in [-0.39, 0.29) is 0 Å². The summed E-state index contributed by atoms with van der Waals surface area (Å²) in [6.07, 6.45) is 7.16. The highest BCUT2D eigenvalue weighted by Gasteiger charge is 2.15. The standard InChI is InChI=1S/C12H21N3S/c1-10(8-11-4-2-3-5-13-11)15-9-12-14-6-7-16-12/h6-7,10-11,13,15H,2-5,8-9H2,1H3. The Bertz CT molecular complexity index is 280. The highest BCUT2D eigenvalue weighted by Crippen LogP contribution is 2.12. The lowest BCUT2D eigenvalue weighted by Crippen LogP contribution is -2.39. The summed E-state index contributed by atoms with van der Waals surface area (Å²) in [6.45, 7) is 4.37. The lowest BCUT2D eigenvalue weighted by molar-refractivity contribution is 0.344. The fourth-order valence-corrected chi connectivity index (χ4v) is 2.80. The van der Waals surface area contributed by atoms with Crippen LogP contribution in [0.5, 0.6) is 0 Å². The van der Waals surface area contributed by atoms with Crippen LogP contribution in [0.25, 0.3) is 0 Å². The Morgan fingerprint density at radius 2 is 2.56 bits per heavy atom. The summed E-state index contributed by atoms with van der Waals surface area (Å²) in [5, 5.41) is 10.3. The quantitative estimate of drug-likeness (QED) is 0.827. The Morgan fingerprint density at radius 3 is 3.25 bits per heavy atom. The van der Waals surface area contributed by atoms with Gasteiger partial charge in [0.25, 0.3) is 0 Å². The van der Waals surface area contributed by atoms with Crippen LogP contribution in [0.2, 0.25) is 0 Å². The van der Waals surface area contributed by atoms with Crippen molar-refractivity contribution in [2.24, 2.45) is 0 Å². The first kappa shape index (κ1) is 12.0. The molecule has 4 heteroatoms. The van der Waals surface area contributed by atoms with Crippen molar-refractivity contribution in [3.63, 3.8) is 0 Å². The van der Waals surface area contributed by atoms with Crippen LogP contribution in [0.1, 0.15) is 37.6 Å². The Morgan fingerprint density at radius 1 is 1.62 bits per heavy atom. The molecule has 0 amide bonds. The Labute approximate surface area is 102 Å². The van der Waals surface area contributed by atoms with Gasteiger partial charge in [0.05, 0.1) is 0 Å². The maximum Gasteiger partial charge on any atom is 0.106 e. The highest BCUT2D eigenvalue weighted by molar-refractivity contribution is 7.09. The van der Waals surface area contributed by atoms with Crippen LogP contribution in [0.15, 0.2) is 11.6 Å². The van der Waals surface area contributed by atoms with Gasteiger partial charge in [0.15, 0.2) is 0 Å². The first-order chi connectivity index (χ1) is 7.84. The van der Waals surface area contributed by atoms with Gasteiger partial charge in [-0.05, 0) is 32.7 Å². The summed E-state index contributed by atoms with van der Waals surface area (Å²) in [7, 11) is 0. The van der Waals surface area contributed by atoms with Crippen LogP contribution in [0, 0.1) is 0 Å². The van der Waals surface area contributed by atoms with Crippen LogP contribution in [-0.4, -0.2) is 23.6 Å². The first-order valence-electron chi connectivity index (χ1n) is 6.20. The number of thiazole rings is 1. The molecule has 2 unspecified atom stereocenters. The molecule has 2 rings (SSSR count). The van der Waals surface area contributed by atoms with Gasteiger partial charge in [0, 0.05) is 30.2 Å². The number of piperidine rings is 1. The van der Waals surface area contributed by atoms with Crippen molar-refractivity contribution < 1.29 is 0 Å². The molecular formula is C12H21N3S. The smallest absolute Gasteiger partial charge is 0.106 e. The molecular weight excluding hydrogens is 218 g/mol. The molecule has 1 fully saturated rings. The summed E-state index contributed by atoms with van der Waals surface area (Å²) in [5.41, 5.74) is 0. The van der Waals surface area contributed by atoms with Gasteiger partial charge in [0.2, 0.25) is 0 Å². The van der Waals surface area contributed by atoms with Crippen molar-refractivity contribution in [2.45, 2.75) is 51.2 Å². The maximum absolute atomic E-state index is 4.28. The number of hydrogen-bond acceptors (Lipinski definition) is 4. The third-order valence-corrected chi connectivity index (χ3v) is 3.92. The van der Waals surface area contributed by atoms with Crippen molar-refractivity contribution in [3.8, 4) is 0 Å². The SMILES string of the molecule is CC(CC1CCCCN1)NCc1nccs1. The zero-order valence-electron chi connectivity index (χ0n) is 9.91. The van der Waals surface area contributed by atoms with E-state index in [1.807, 2.05) is 11.6 Å². The third kappa shape index (κ3) is 3.85. The summed E-state index contributed by atoms with van der Waals surface area (Å²) >= 11 is 1.72. The van der Waals surface area contributed by atoms with E-state index in [1.165, 1.54) is 37.2 Å². The molecule has 0 aromatic carbocycles. The number of aromatic nitrogens is 1. The lowest BCUT2D eigenvalue weighted by Gasteiger charge is -2.26. The average molecular weight is 239 g/mol. The topological polar surface area (TPSA) is 37.0 Å². The minimum absolute atomic E-state index is 0.569. The van der Waals surface area contributed by atoms with Gasteiger partial charge in [-0.3, -0.25) is 0 Å². The fourth-order valence-electron chi connectivity index (χ4n) is 2.24. The molecule has 90 valence electrons. The highest BCUT2D eigenvalue weighted by atomic mass is 32.1. The van der Waals surface area contributed by atoms with E-state index in [0.717, 1.165) is 6.54 Å². The summed E-state index contributed by atoms with van der Waals surface area (Å²) in [4.78, 5) is 4.28. The second-order valence-electron chi connectivity index (χ2n) is 4.59. The zero-order chi connectivity index (χ0) is 11.2. The molecule has 0 saturated carbocycles. The molecule has 2 N–H and O–H groups in total. The minimum atomic E-state index is 0.569. The van der Waals surface area contributed by atoms with Crippen LogP contribution in [0.3, 0.4) is 0 Å². The molecule has 1 aromatic rings. The van der Waals surface area contributed by atoms with Gasteiger partial charge in [-0.1, -0.05) is 6.42 Å². The molecule has 1 aromatic heterocycles. The van der Waals surface area contributed by atoms with E-state index in [0.29, 0.717) is 12.1 Å². The van der Waals surface area contributed by atoms with Crippen LogP contribution in [0.4, 0.5) is 0 Å². The molecule has 0 spiro atoms. The second kappa shape index (κ2) is 6.33. The van der Waals surface area contributed by atoms with Crippen molar-refractivity contribution in [3.05, 3.63) is 16.6 Å². The molecule has 16 heavy (non-hydrogen) atoms. The first-order valence-corrected chi connectivity index (χ1v) is 7.07. The zero-order valence-corrected chi connectivity index (χ0v) is 10.7. The minimum Gasteiger partial charge on any atom is -0.314 e. The van der Waals surface area contributed by atoms with E-state index < -0.39 is 0 Å². The van der Waals surface area contributed by atoms with Crippen molar-refractivity contribution in [2.75, 3.05) is 6.54 Å². The maximum atomic E-state index is 4.28. The van der Waals surface area contributed by atoms with Crippen LogP contribution >= 0.6 is 11.3 Å². The third-order valence-electron chi connectivity index (χ3n) is 3.14. The predicted molar refractivity (Wildman–Crippen MR) is 68.7 cm³/mol.